The Hall–Kier alpha value is -1.04. The fraction of sp³-hybridized carbons (Fsp3) is 0.462. The Morgan fingerprint density at radius 2 is 1.90 bits per heavy atom. The molecule has 0 radical (unpaired) electrons. The van der Waals surface area contributed by atoms with Crippen molar-refractivity contribution in [2.75, 3.05) is 13.2 Å². The molecule has 1 heterocycles. The lowest BCUT2D eigenvalue weighted by molar-refractivity contribution is -0.144. The lowest BCUT2D eigenvalue weighted by Crippen LogP contribution is -2.41. The zero-order valence-corrected chi connectivity index (χ0v) is 14.1. The van der Waals surface area contributed by atoms with Crippen molar-refractivity contribution in [3.63, 3.8) is 0 Å². The number of amides is 1. The molecule has 0 unspecified atom stereocenters. The largest absolute Gasteiger partial charge is 0.465 e. The number of rotatable bonds is 5. The van der Waals surface area contributed by atoms with E-state index in [1.165, 1.54) is 11.1 Å². The van der Waals surface area contributed by atoms with Gasteiger partial charge in [0.2, 0.25) is 0 Å². The van der Waals surface area contributed by atoms with Gasteiger partial charge in [0.15, 0.2) is 0 Å². The van der Waals surface area contributed by atoms with Crippen LogP contribution >= 0.6 is 34.8 Å². The highest BCUT2D eigenvalue weighted by molar-refractivity contribution is 6.48. The van der Waals surface area contributed by atoms with E-state index in [4.69, 9.17) is 39.5 Å². The smallest absolute Gasteiger partial charge is 0.325 e. The van der Waals surface area contributed by atoms with Gasteiger partial charge in [-0.3, -0.25) is 9.59 Å². The van der Waals surface area contributed by atoms with E-state index in [0.717, 1.165) is 0 Å². The molecule has 0 bridgehead atoms. The minimum Gasteiger partial charge on any atom is -0.465 e. The maximum atomic E-state index is 12.5. The molecule has 8 heteroatoms. The van der Waals surface area contributed by atoms with Crippen molar-refractivity contribution in [2.45, 2.75) is 26.8 Å². The first-order valence-electron chi connectivity index (χ1n) is 6.25. The van der Waals surface area contributed by atoms with Crippen molar-refractivity contribution in [3.8, 4) is 0 Å². The summed E-state index contributed by atoms with van der Waals surface area (Å²) in [5.41, 5.74) is -0.0518. The second-order valence-corrected chi connectivity index (χ2v) is 5.58. The van der Waals surface area contributed by atoms with Gasteiger partial charge in [-0.15, -0.1) is 0 Å². The van der Waals surface area contributed by atoms with Crippen LogP contribution in [0.25, 0.3) is 0 Å². The SMILES string of the molecule is CCOC(=O)CN(C(=O)c1ncc(Cl)c(Cl)c1Cl)C(C)C. The van der Waals surface area contributed by atoms with E-state index in [1.54, 1.807) is 20.8 Å². The van der Waals surface area contributed by atoms with Crippen molar-refractivity contribution >= 4 is 46.7 Å². The molecule has 0 N–H and O–H groups in total. The van der Waals surface area contributed by atoms with Gasteiger partial charge in [0, 0.05) is 12.2 Å². The Morgan fingerprint density at radius 1 is 1.29 bits per heavy atom. The molecule has 1 rings (SSSR count). The van der Waals surface area contributed by atoms with Gasteiger partial charge in [-0.1, -0.05) is 34.8 Å². The van der Waals surface area contributed by atoms with Crippen LogP contribution in [0, 0.1) is 0 Å². The molecule has 21 heavy (non-hydrogen) atoms. The minimum atomic E-state index is -0.512. The van der Waals surface area contributed by atoms with Crippen LogP contribution in [-0.2, 0) is 9.53 Å². The number of nitrogens with zero attached hydrogens (tertiary/aromatic N) is 2. The molecule has 1 amide bonds. The van der Waals surface area contributed by atoms with Gasteiger partial charge in [0.05, 0.1) is 21.7 Å². The van der Waals surface area contributed by atoms with E-state index in [2.05, 4.69) is 4.98 Å². The van der Waals surface area contributed by atoms with E-state index in [1.807, 2.05) is 0 Å². The monoisotopic (exact) mass is 352 g/mol. The van der Waals surface area contributed by atoms with Gasteiger partial charge in [-0.25, -0.2) is 4.98 Å². The van der Waals surface area contributed by atoms with E-state index < -0.39 is 11.9 Å². The molecular formula is C13H15Cl3N2O3. The zero-order chi connectivity index (χ0) is 16.2. The molecule has 1 aromatic rings. The van der Waals surface area contributed by atoms with Gasteiger partial charge in [0.25, 0.3) is 5.91 Å². The normalized spacial score (nSPS) is 10.6. The Morgan fingerprint density at radius 3 is 2.43 bits per heavy atom. The van der Waals surface area contributed by atoms with Crippen LogP contribution in [0.1, 0.15) is 31.3 Å². The van der Waals surface area contributed by atoms with Crippen LogP contribution in [0.15, 0.2) is 6.20 Å². The van der Waals surface area contributed by atoms with Gasteiger partial charge in [0.1, 0.15) is 12.2 Å². The van der Waals surface area contributed by atoms with Gasteiger partial charge in [-0.05, 0) is 20.8 Å². The Labute approximate surface area is 138 Å². The molecule has 1 aromatic heterocycles. The summed E-state index contributed by atoms with van der Waals surface area (Å²) in [6.07, 6.45) is 1.24. The number of ether oxygens (including phenoxy) is 1. The first-order valence-corrected chi connectivity index (χ1v) is 7.39. The molecule has 116 valence electrons. The average Bonchev–Trinajstić information content (AvgIpc) is 2.41. The third-order valence-electron chi connectivity index (χ3n) is 2.61. The predicted molar refractivity (Wildman–Crippen MR) is 82.1 cm³/mol. The molecule has 0 saturated carbocycles. The Balaban J connectivity index is 3.07. The third kappa shape index (κ3) is 4.46. The van der Waals surface area contributed by atoms with Crippen LogP contribution in [0.3, 0.4) is 0 Å². The summed E-state index contributed by atoms with van der Waals surface area (Å²) in [6.45, 7) is 5.27. The maximum Gasteiger partial charge on any atom is 0.325 e. The van der Waals surface area contributed by atoms with Crippen LogP contribution in [0.4, 0.5) is 0 Å². The number of aromatic nitrogens is 1. The molecule has 0 saturated heterocycles. The molecule has 0 spiro atoms. The average molecular weight is 354 g/mol. The fourth-order valence-electron chi connectivity index (χ4n) is 1.56. The number of esters is 1. The van der Waals surface area contributed by atoms with Crippen molar-refractivity contribution in [3.05, 3.63) is 27.0 Å². The predicted octanol–water partition coefficient (Wildman–Crippen LogP) is 3.46. The summed E-state index contributed by atoms with van der Waals surface area (Å²) in [5.74, 6) is -1.02. The van der Waals surface area contributed by atoms with Crippen LogP contribution in [0.2, 0.25) is 15.1 Å². The number of halogens is 3. The highest BCUT2D eigenvalue weighted by atomic mass is 35.5. The molecule has 0 atom stereocenters. The maximum absolute atomic E-state index is 12.5. The number of pyridine rings is 1. The molecule has 0 fully saturated rings. The summed E-state index contributed by atoms with van der Waals surface area (Å²) < 4.78 is 4.85. The van der Waals surface area contributed by atoms with Crippen LogP contribution in [0.5, 0.6) is 0 Å². The summed E-state index contributed by atoms with van der Waals surface area (Å²) in [4.78, 5) is 29.3. The van der Waals surface area contributed by atoms with Crippen LogP contribution < -0.4 is 0 Å². The topological polar surface area (TPSA) is 59.5 Å². The van der Waals surface area contributed by atoms with Gasteiger partial charge in [-0.2, -0.15) is 0 Å². The summed E-state index contributed by atoms with van der Waals surface area (Å²) in [7, 11) is 0. The summed E-state index contributed by atoms with van der Waals surface area (Å²) >= 11 is 17.7. The van der Waals surface area contributed by atoms with E-state index in [9.17, 15) is 9.59 Å². The molecule has 0 aliphatic heterocycles. The molecule has 5 nitrogen and oxygen atoms in total. The number of hydrogen-bond acceptors (Lipinski definition) is 4. The second kappa shape index (κ2) is 7.82. The third-order valence-corrected chi connectivity index (χ3v) is 3.85. The van der Waals surface area contributed by atoms with Gasteiger partial charge < -0.3 is 9.64 Å². The molecular weight excluding hydrogens is 339 g/mol. The summed E-state index contributed by atoms with van der Waals surface area (Å²) in [6, 6.07) is -0.241. The highest BCUT2D eigenvalue weighted by Crippen LogP contribution is 2.31. The highest BCUT2D eigenvalue weighted by Gasteiger charge is 2.26. The number of carbonyl (C=O) groups is 2. The van der Waals surface area contributed by atoms with E-state index >= 15 is 0 Å². The van der Waals surface area contributed by atoms with Crippen molar-refractivity contribution in [2.24, 2.45) is 0 Å². The standard InChI is InChI=1S/C13H15Cl3N2O3/c1-4-21-9(19)6-18(7(2)3)13(20)12-11(16)10(15)8(14)5-17-12/h5,7H,4,6H2,1-3H3. The minimum absolute atomic E-state index is 0.0383. The molecule has 0 aliphatic rings. The van der Waals surface area contributed by atoms with Crippen LogP contribution in [-0.4, -0.2) is 41.0 Å². The lowest BCUT2D eigenvalue weighted by Gasteiger charge is -2.25. The second-order valence-electron chi connectivity index (χ2n) is 4.41. The number of hydrogen-bond donors (Lipinski definition) is 0. The molecule has 0 aromatic carbocycles. The zero-order valence-electron chi connectivity index (χ0n) is 11.8. The Bertz CT molecular complexity index is 550. The quantitative estimate of drug-likeness (QED) is 0.761. The van der Waals surface area contributed by atoms with Gasteiger partial charge >= 0.3 is 5.97 Å². The first kappa shape index (κ1) is 18.0. The number of carbonyl (C=O) groups excluding carboxylic acids is 2. The fourth-order valence-corrected chi connectivity index (χ4v) is 2.12. The Kier molecular flexibility index (Phi) is 6.71. The lowest BCUT2D eigenvalue weighted by atomic mass is 10.2. The molecule has 0 aliphatic carbocycles. The first-order chi connectivity index (χ1) is 9.79. The van der Waals surface area contributed by atoms with Crippen molar-refractivity contribution in [1.29, 1.82) is 0 Å². The van der Waals surface area contributed by atoms with Crippen molar-refractivity contribution < 1.29 is 14.3 Å². The summed E-state index contributed by atoms with van der Waals surface area (Å²) in [5, 5.41) is 0.167. The van der Waals surface area contributed by atoms with E-state index in [-0.39, 0.29) is 40.0 Å². The van der Waals surface area contributed by atoms with E-state index in [0.29, 0.717) is 0 Å². The van der Waals surface area contributed by atoms with Crippen molar-refractivity contribution in [1.82, 2.24) is 9.88 Å².